The molecule has 60 valence electrons. The Morgan fingerprint density at radius 2 is 1.91 bits per heavy atom. The first-order valence-electron chi connectivity index (χ1n) is 3.30. The predicted molar refractivity (Wildman–Crippen MR) is 51.5 cm³/mol. The van der Waals surface area contributed by atoms with E-state index in [0.29, 0.717) is 0 Å². The van der Waals surface area contributed by atoms with Crippen molar-refractivity contribution in [1.82, 2.24) is 0 Å². The fourth-order valence-electron chi connectivity index (χ4n) is 0.896. The van der Waals surface area contributed by atoms with Crippen LogP contribution in [0.2, 0.25) is 0 Å². The van der Waals surface area contributed by atoms with E-state index in [1.165, 1.54) is 16.9 Å². The van der Waals surface area contributed by atoms with Crippen LogP contribution in [0, 0.1) is 13.8 Å². The van der Waals surface area contributed by atoms with Gasteiger partial charge in [0.15, 0.2) is 5.78 Å². The third-order valence-corrected chi connectivity index (χ3v) is 4.07. The molecule has 0 saturated carbocycles. The first kappa shape index (κ1) is 8.94. The molecule has 0 aliphatic rings. The van der Waals surface area contributed by atoms with Crippen molar-refractivity contribution in [3.63, 3.8) is 0 Å². The molecule has 3 heteroatoms. The minimum atomic E-state index is 0.154. The van der Waals surface area contributed by atoms with Gasteiger partial charge in [0.05, 0.1) is 8.66 Å². The Hall–Kier alpha value is -0.150. The topological polar surface area (TPSA) is 17.1 Å². The van der Waals surface area contributed by atoms with Crippen LogP contribution in [-0.2, 0) is 0 Å². The summed E-state index contributed by atoms with van der Waals surface area (Å²) in [6, 6.07) is 0. The number of ketones is 1. The predicted octanol–water partition coefficient (Wildman–Crippen LogP) is 3.33. The van der Waals surface area contributed by atoms with Gasteiger partial charge in [-0.15, -0.1) is 11.3 Å². The van der Waals surface area contributed by atoms with Gasteiger partial charge in [0.1, 0.15) is 0 Å². The van der Waals surface area contributed by atoms with Crippen LogP contribution in [0.25, 0.3) is 0 Å². The van der Waals surface area contributed by atoms with Crippen LogP contribution in [0.15, 0.2) is 3.79 Å². The average Bonchev–Trinajstić information content (AvgIpc) is 2.17. The molecule has 1 aromatic heterocycles. The fraction of sp³-hybridized carbons (Fsp3) is 0.375. The lowest BCUT2D eigenvalue weighted by atomic mass is 10.1. The van der Waals surface area contributed by atoms with Crippen molar-refractivity contribution in [1.29, 1.82) is 0 Å². The molecule has 0 amide bonds. The number of carbonyl (C=O) groups is 1. The average molecular weight is 233 g/mol. The molecular weight excluding hydrogens is 224 g/mol. The molecule has 0 saturated heterocycles. The van der Waals surface area contributed by atoms with Crippen molar-refractivity contribution >= 4 is 33.0 Å². The quantitative estimate of drug-likeness (QED) is 0.680. The van der Waals surface area contributed by atoms with Crippen LogP contribution in [0.3, 0.4) is 0 Å². The first-order chi connectivity index (χ1) is 5.04. The van der Waals surface area contributed by atoms with Gasteiger partial charge >= 0.3 is 0 Å². The van der Waals surface area contributed by atoms with E-state index in [-0.39, 0.29) is 5.78 Å². The molecule has 1 heterocycles. The molecule has 0 N–H and O–H groups in total. The highest BCUT2D eigenvalue weighted by Gasteiger charge is 2.12. The molecule has 0 spiro atoms. The van der Waals surface area contributed by atoms with Crippen molar-refractivity contribution in [3.05, 3.63) is 19.8 Å². The van der Waals surface area contributed by atoms with E-state index in [1.54, 1.807) is 6.92 Å². The maximum atomic E-state index is 11.0. The maximum Gasteiger partial charge on any atom is 0.170 e. The highest BCUT2D eigenvalue weighted by Crippen LogP contribution is 2.31. The smallest absolute Gasteiger partial charge is 0.170 e. The van der Waals surface area contributed by atoms with Crippen molar-refractivity contribution in [2.75, 3.05) is 0 Å². The maximum absolute atomic E-state index is 11.0. The number of hydrogen-bond acceptors (Lipinski definition) is 2. The lowest BCUT2D eigenvalue weighted by Gasteiger charge is -1.91. The molecule has 0 aliphatic heterocycles. The van der Waals surface area contributed by atoms with Gasteiger partial charge in [-0.1, -0.05) is 0 Å². The Kier molecular flexibility index (Phi) is 2.50. The molecule has 1 nitrogen and oxygen atoms in total. The molecule has 0 fully saturated rings. The minimum absolute atomic E-state index is 0.154. The first-order valence-corrected chi connectivity index (χ1v) is 4.91. The van der Waals surface area contributed by atoms with Crippen LogP contribution in [0.5, 0.6) is 0 Å². The van der Waals surface area contributed by atoms with Crippen molar-refractivity contribution in [2.45, 2.75) is 20.8 Å². The number of halogens is 1. The van der Waals surface area contributed by atoms with Gasteiger partial charge in [0.2, 0.25) is 0 Å². The molecule has 0 radical (unpaired) electrons. The number of rotatable bonds is 1. The number of Topliss-reactive ketones (excluding diaryl/α,β-unsaturated/α-hetero) is 1. The van der Waals surface area contributed by atoms with Gasteiger partial charge in [-0.2, -0.15) is 0 Å². The third kappa shape index (κ3) is 1.54. The van der Waals surface area contributed by atoms with Gasteiger partial charge in [-0.3, -0.25) is 4.79 Å². The Balaban J connectivity index is 3.29. The molecule has 0 atom stereocenters. The lowest BCUT2D eigenvalue weighted by Crippen LogP contribution is -1.89. The minimum Gasteiger partial charge on any atom is -0.294 e. The Bertz CT molecular complexity index is 301. The summed E-state index contributed by atoms with van der Waals surface area (Å²) in [5, 5.41) is 0. The Morgan fingerprint density at radius 3 is 2.09 bits per heavy atom. The molecule has 0 aromatic carbocycles. The molecule has 0 bridgehead atoms. The van der Waals surface area contributed by atoms with E-state index < -0.39 is 0 Å². The van der Waals surface area contributed by atoms with Crippen LogP contribution in [-0.4, -0.2) is 5.78 Å². The number of thiophene rings is 1. The monoisotopic (exact) mass is 232 g/mol. The summed E-state index contributed by atoms with van der Waals surface area (Å²) in [6.45, 7) is 5.60. The summed E-state index contributed by atoms with van der Waals surface area (Å²) >= 11 is 4.92. The van der Waals surface area contributed by atoms with Crippen LogP contribution in [0.4, 0.5) is 0 Å². The molecule has 1 aromatic rings. The summed E-state index contributed by atoms with van der Waals surface area (Å²) in [4.78, 5) is 11.9. The van der Waals surface area contributed by atoms with Crippen molar-refractivity contribution < 1.29 is 4.79 Å². The molecule has 1 rings (SSSR count). The summed E-state index contributed by atoms with van der Waals surface area (Å²) in [5.74, 6) is 0.154. The zero-order valence-corrected chi connectivity index (χ0v) is 9.10. The zero-order chi connectivity index (χ0) is 8.59. The molecular formula is C8H9BrOS. The Labute approximate surface area is 78.6 Å². The second kappa shape index (κ2) is 3.07. The molecule has 0 aliphatic carbocycles. The summed E-state index contributed by atoms with van der Waals surface area (Å²) in [6.07, 6.45) is 0. The standard InChI is InChI=1S/C8H9BrOS/c1-4-5(2)8(9)11-7(4)6(3)10/h1-3H3. The fourth-order valence-corrected chi connectivity index (χ4v) is 2.61. The number of hydrogen-bond donors (Lipinski definition) is 0. The van der Waals surface area contributed by atoms with Crippen molar-refractivity contribution in [2.24, 2.45) is 0 Å². The summed E-state index contributed by atoms with van der Waals surface area (Å²) < 4.78 is 1.07. The highest BCUT2D eigenvalue weighted by atomic mass is 79.9. The van der Waals surface area contributed by atoms with E-state index in [2.05, 4.69) is 15.9 Å². The van der Waals surface area contributed by atoms with E-state index in [9.17, 15) is 4.79 Å². The van der Waals surface area contributed by atoms with Gasteiger partial charge < -0.3 is 0 Å². The SMILES string of the molecule is CC(=O)c1sc(Br)c(C)c1C. The zero-order valence-electron chi connectivity index (χ0n) is 6.69. The second-order valence-electron chi connectivity index (χ2n) is 2.51. The van der Waals surface area contributed by atoms with E-state index >= 15 is 0 Å². The van der Waals surface area contributed by atoms with Gasteiger partial charge in [0, 0.05) is 0 Å². The lowest BCUT2D eigenvalue weighted by molar-refractivity contribution is 0.102. The van der Waals surface area contributed by atoms with Crippen LogP contribution < -0.4 is 0 Å². The van der Waals surface area contributed by atoms with Gasteiger partial charge in [-0.05, 0) is 47.8 Å². The van der Waals surface area contributed by atoms with Crippen LogP contribution in [0.1, 0.15) is 27.7 Å². The van der Waals surface area contributed by atoms with E-state index in [0.717, 1.165) is 14.2 Å². The molecule has 0 unspecified atom stereocenters. The summed E-state index contributed by atoms with van der Waals surface area (Å²) in [7, 11) is 0. The third-order valence-electron chi connectivity index (χ3n) is 1.71. The van der Waals surface area contributed by atoms with E-state index in [1.807, 2.05) is 13.8 Å². The number of carbonyl (C=O) groups excluding carboxylic acids is 1. The highest BCUT2D eigenvalue weighted by molar-refractivity contribution is 9.11. The Morgan fingerprint density at radius 1 is 1.36 bits per heavy atom. The van der Waals surface area contributed by atoms with Crippen molar-refractivity contribution in [3.8, 4) is 0 Å². The largest absolute Gasteiger partial charge is 0.294 e. The normalized spacial score (nSPS) is 10.2. The second-order valence-corrected chi connectivity index (χ2v) is 4.85. The van der Waals surface area contributed by atoms with Crippen LogP contribution >= 0.6 is 27.3 Å². The molecule has 11 heavy (non-hydrogen) atoms. The summed E-state index contributed by atoms with van der Waals surface area (Å²) in [5.41, 5.74) is 2.29. The van der Waals surface area contributed by atoms with E-state index in [4.69, 9.17) is 0 Å². The van der Waals surface area contributed by atoms with Gasteiger partial charge in [-0.25, -0.2) is 0 Å². The van der Waals surface area contributed by atoms with Gasteiger partial charge in [0.25, 0.3) is 0 Å².